The molecule has 3 heteroatoms. The van der Waals surface area contributed by atoms with Gasteiger partial charge >= 0.3 is 0 Å². The molecule has 1 aliphatic heterocycles. The van der Waals surface area contributed by atoms with E-state index in [1.807, 2.05) is 26.0 Å². The molecular weight excluding hydrogens is 212 g/mol. The molecule has 0 bridgehead atoms. The van der Waals surface area contributed by atoms with E-state index in [1.54, 1.807) is 6.20 Å². The number of hydrogen-bond donors (Lipinski definition) is 1. The van der Waals surface area contributed by atoms with E-state index >= 15 is 0 Å². The highest BCUT2D eigenvalue weighted by Crippen LogP contribution is 2.21. The lowest BCUT2D eigenvalue weighted by Crippen LogP contribution is -2.34. The molecular formula is C14H24N2O. The van der Waals surface area contributed by atoms with Gasteiger partial charge in [0.05, 0.1) is 5.71 Å². The molecule has 0 aromatic rings. The molecule has 0 aliphatic carbocycles. The maximum Gasteiger partial charge on any atom is 0.133 e. The number of aliphatic hydroxyl groups excluding tert-OH is 1. The Labute approximate surface area is 105 Å². The van der Waals surface area contributed by atoms with E-state index in [4.69, 9.17) is 0 Å². The molecule has 0 radical (unpaired) electrons. The number of piperidine rings is 1. The summed E-state index contributed by atoms with van der Waals surface area (Å²) in [6.07, 6.45) is 8.51. The summed E-state index contributed by atoms with van der Waals surface area (Å²) in [5, 5.41) is 10.0. The zero-order chi connectivity index (χ0) is 12.7. The van der Waals surface area contributed by atoms with Crippen LogP contribution < -0.4 is 0 Å². The average molecular weight is 236 g/mol. The SMILES string of the molecule is C\C=C/N=C(/C(O)=C/CC)C1CCN(C)CC1. The minimum absolute atomic E-state index is 0.361. The van der Waals surface area contributed by atoms with Crippen LogP contribution in [0.4, 0.5) is 0 Å². The average Bonchev–Trinajstić information content (AvgIpc) is 2.32. The van der Waals surface area contributed by atoms with Gasteiger partial charge in [-0.2, -0.15) is 0 Å². The molecule has 0 unspecified atom stereocenters. The maximum absolute atomic E-state index is 10.0. The fourth-order valence-corrected chi connectivity index (χ4v) is 2.12. The molecule has 0 saturated carbocycles. The highest BCUT2D eigenvalue weighted by Gasteiger charge is 2.23. The minimum atomic E-state index is 0.361. The Bertz CT molecular complexity index is 310. The quantitative estimate of drug-likeness (QED) is 0.601. The molecule has 1 heterocycles. The molecule has 0 aromatic carbocycles. The highest BCUT2D eigenvalue weighted by atomic mass is 16.3. The van der Waals surface area contributed by atoms with Crippen molar-refractivity contribution in [2.24, 2.45) is 10.9 Å². The normalized spacial score (nSPS) is 21.4. The Morgan fingerprint density at radius 3 is 2.59 bits per heavy atom. The van der Waals surface area contributed by atoms with E-state index in [0.29, 0.717) is 11.7 Å². The summed E-state index contributed by atoms with van der Waals surface area (Å²) in [4.78, 5) is 6.73. The molecule has 0 amide bonds. The van der Waals surface area contributed by atoms with Gasteiger partial charge in [-0.25, -0.2) is 0 Å². The molecule has 0 atom stereocenters. The second-order valence-corrected chi connectivity index (χ2v) is 4.57. The molecule has 1 N–H and O–H groups in total. The van der Waals surface area contributed by atoms with E-state index in [2.05, 4.69) is 16.9 Å². The third kappa shape index (κ3) is 4.35. The topological polar surface area (TPSA) is 35.8 Å². The van der Waals surface area contributed by atoms with Gasteiger partial charge in [0.2, 0.25) is 0 Å². The van der Waals surface area contributed by atoms with Crippen LogP contribution in [0.2, 0.25) is 0 Å². The molecule has 1 fully saturated rings. The highest BCUT2D eigenvalue weighted by molar-refractivity contribution is 6.00. The second kappa shape index (κ2) is 7.28. The molecule has 0 spiro atoms. The summed E-state index contributed by atoms with van der Waals surface area (Å²) in [6.45, 7) is 6.13. The summed E-state index contributed by atoms with van der Waals surface area (Å²) < 4.78 is 0. The van der Waals surface area contributed by atoms with Crippen LogP contribution in [0.1, 0.15) is 33.1 Å². The van der Waals surface area contributed by atoms with E-state index in [-0.39, 0.29) is 0 Å². The standard InChI is InChI=1S/C14H24N2O/c1-4-6-13(17)14(15-9-5-2)12-7-10-16(3)11-8-12/h5-6,9,12,17H,4,7-8,10-11H2,1-3H3/b9-5-,13-6-,15-14+. The third-order valence-electron chi connectivity index (χ3n) is 3.13. The van der Waals surface area contributed by atoms with Crippen LogP contribution >= 0.6 is 0 Å². The predicted octanol–water partition coefficient (Wildman–Crippen LogP) is 3.15. The van der Waals surface area contributed by atoms with Crippen LogP contribution in [0.5, 0.6) is 0 Å². The van der Waals surface area contributed by atoms with Crippen molar-refractivity contribution in [1.29, 1.82) is 0 Å². The number of aliphatic imine (C=N–C) groups is 1. The van der Waals surface area contributed by atoms with Crippen molar-refractivity contribution >= 4 is 5.71 Å². The molecule has 1 rings (SSSR count). The lowest BCUT2D eigenvalue weighted by molar-refractivity contribution is 0.250. The zero-order valence-electron chi connectivity index (χ0n) is 11.2. The first-order valence-electron chi connectivity index (χ1n) is 6.45. The Balaban J connectivity index is 2.80. The number of likely N-dealkylation sites (tertiary alicyclic amines) is 1. The Morgan fingerprint density at radius 2 is 2.06 bits per heavy atom. The van der Waals surface area contributed by atoms with Crippen molar-refractivity contribution in [3.05, 3.63) is 24.1 Å². The minimum Gasteiger partial charge on any atom is -0.506 e. The lowest BCUT2D eigenvalue weighted by Gasteiger charge is -2.29. The molecule has 17 heavy (non-hydrogen) atoms. The molecule has 0 aromatic heterocycles. The van der Waals surface area contributed by atoms with Crippen molar-refractivity contribution in [3.63, 3.8) is 0 Å². The van der Waals surface area contributed by atoms with Crippen molar-refractivity contribution < 1.29 is 5.11 Å². The molecule has 96 valence electrons. The fraction of sp³-hybridized carbons (Fsp3) is 0.643. The first-order valence-corrected chi connectivity index (χ1v) is 6.45. The van der Waals surface area contributed by atoms with Gasteiger partial charge in [0, 0.05) is 12.1 Å². The summed E-state index contributed by atoms with van der Waals surface area (Å²) >= 11 is 0. The molecule has 1 saturated heterocycles. The zero-order valence-corrected chi connectivity index (χ0v) is 11.2. The second-order valence-electron chi connectivity index (χ2n) is 4.57. The number of aliphatic hydroxyl groups is 1. The number of allylic oxidation sites excluding steroid dienone is 3. The maximum atomic E-state index is 10.0. The first kappa shape index (κ1) is 14.0. The van der Waals surface area contributed by atoms with Crippen LogP contribution in [0, 0.1) is 5.92 Å². The van der Waals surface area contributed by atoms with Crippen LogP contribution in [0.25, 0.3) is 0 Å². The van der Waals surface area contributed by atoms with Gasteiger partial charge in [-0.05, 0) is 52.4 Å². The van der Waals surface area contributed by atoms with Crippen molar-refractivity contribution in [3.8, 4) is 0 Å². The predicted molar refractivity (Wildman–Crippen MR) is 73.5 cm³/mol. The van der Waals surface area contributed by atoms with Crippen LogP contribution in [0.15, 0.2) is 29.1 Å². The van der Waals surface area contributed by atoms with Crippen molar-refractivity contribution in [2.45, 2.75) is 33.1 Å². The number of nitrogens with zero attached hydrogens (tertiary/aromatic N) is 2. The van der Waals surface area contributed by atoms with Crippen molar-refractivity contribution in [2.75, 3.05) is 20.1 Å². The third-order valence-corrected chi connectivity index (χ3v) is 3.13. The van der Waals surface area contributed by atoms with E-state index in [9.17, 15) is 5.11 Å². The van der Waals surface area contributed by atoms with E-state index < -0.39 is 0 Å². The van der Waals surface area contributed by atoms with Gasteiger partial charge < -0.3 is 10.0 Å². The van der Waals surface area contributed by atoms with Gasteiger partial charge in [-0.3, -0.25) is 4.99 Å². The Kier molecular flexibility index (Phi) is 5.98. The first-order chi connectivity index (χ1) is 8.19. The number of rotatable bonds is 4. The number of hydrogen-bond acceptors (Lipinski definition) is 3. The van der Waals surface area contributed by atoms with Crippen molar-refractivity contribution in [1.82, 2.24) is 4.90 Å². The molecule has 3 nitrogen and oxygen atoms in total. The van der Waals surface area contributed by atoms with Gasteiger partial charge in [0.15, 0.2) is 0 Å². The van der Waals surface area contributed by atoms with Gasteiger partial charge in [0.1, 0.15) is 5.76 Å². The smallest absolute Gasteiger partial charge is 0.133 e. The Hall–Kier alpha value is -1.09. The lowest BCUT2D eigenvalue weighted by atomic mass is 9.90. The van der Waals surface area contributed by atoms with E-state index in [0.717, 1.165) is 38.1 Å². The van der Waals surface area contributed by atoms with E-state index in [1.165, 1.54) is 0 Å². The van der Waals surface area contributed by atoms with Gasteiger partial charge in [-0.1, -0.05) is 13.0 Å². The fourth-order valence-electron chi connectivity index (χ4n) is 2.12. The summed E-state index contributed by atoms with van der Waals surface area (Å²) in [7, 11) is 2.14. The van der Waals surface area contributed by atoms with Gasteiger partial charge in [0.25, 0.3) is 0 Å². The largest absolute Gasteiger partial charge is 0.506 e. The van der Waals surface area contributed by atoms with Crippen LogP contribution in [0.3, 0.4) is 0 Å². The summed E-state index contributed by atoms with van der Waals surface area (Å²) in [6, 6.07) is 0. The Morgan fingerprint density at radius 1 is 1.41 bits per heavy atom. The van der Waals surface area contributed by atoms with Crippen LogP contribution in [-0.4, -0.2) is 35.9 Å². The van der Waals surface area contributed by atoms with Crippen LogP contribution in [-0.2, 0) is 0 Å². The monoisotopic (exact) mass is 236 g/mol. The molecule has 1 aliphatic rings. The van der Waals surface area contributed by atoms with Gasteiger partial charge in [-0.15, -0.1) is 0 Å². The summed E-state index contributed by atoms with van der Waals surface area (Å²) in [5.74, 6) is 0.755. The summed E-state index contributed by atoms with van der Waals surface area (Å²) in [5.41, 5.74) is 0.859.